The van der Waals surface area contributed by atoms with Gasteiger partial charge in [0.25, 0.3) is 0 Å². The predicted molar refractivity (Wildman–Crippen MR) is 217 cm³/mol. The molecular weight excluding hydrogens is 820 g/mol. The highest BCUT2D eigenvalue weighted by atomic mass is 79.9. The first kappa shape index (κ1) is 41.9. The van der Waals surface area contributed by atoms with Crippen LogP contribution in [-0.2, 0) is 23.9 Å². The zero-order valence-electron chi connectivity index (χ0n) is 32.9. The molecule has 1 aliphatic heterocycles. The van der Waals surface area contributed by atoms with Gasteiger partial charge in [0.1, 0.15) is 46.5 Å². The lowest BCUT2D eigenvalue weighted by Crippen LogP contribution is -2.59. The molecule has 306 valence electrons. The fraction of sp³-hybridized carbons (Fsp3) is 0.525. The average Bonchev–Trinajstić information content (AvgIpc) is 3.49. The molecule has 0 bridgehead atoms. The van der Waals surface area contributed by atoms with Gasteiger partial charge in [-0.2, -0.15) is 0 Å². The molecule has 3 fully saturated rings. The van der Waals surface area contributed by atoms with Crippen LogP contribution in [0.15, 0.2) is 40.7 Å². The van der Waals surface area contributed by atoms with E-state index in [0.717, 1.165) is 12.8 Å². The van der Waals surface area contributed by atoms with Crippen molar-refractivity contribution < 1.29 is 43.3 Å². The van der Waals surface area contributed by atoms with E-state index in [0.29, 0.717) is 56.2 Å². The average molecular weight is 870 g/mol. The van der Waals surface area contributed by atoms with Gasteiger partial charge in [0.2, 0.25) is 17.7 Å². The molecule has 4 amide bonds. The van der Waals surface area contributed by atoms with Gasteiger partial charge >= 0.3 is 12.1 Å². The summed E-state index contributed by atoms with van der Waals surface area (Å²) in [6, 6.07) is 2.99. The molecule has 0 radical (unpaired) electrons. The van der Waals surface area contributed by atoms with Gasteiger partial charge in [-0.05, 0) is 72.5 Å². The molecule has 2 aromatic heterocycles. The number of aliphatic carboxylic acids is 1. The number of hydrogen-bond donors (Lipinski definition) is 4. The number of benzene rings is 1. The van der Waals surface area contributed by atoms with Crippen molar-refractivity contribution in [2.24, 2.45) is 11.3 Å². The SMILES string of the molecule is C=C[C@@H]1C[C@]1(NC(=O)[C@@H]1C[C@@H](Oc2cc(-c3csc(NC(=O)CC)n3)nc3c(Br)c(OC)ccc23)CN1C(=O)[C@@H](NC(=O)OC1(C)CCCC1)C(C)(C)C)C(=O)O. The molecule has 1 saturated heterocycles. The minimum atomic E-state index is -1.54. The maximum atomic E-state index is 14.7. The molecule has 3 aliphatic rings. The Bertz CT molecular complexity index is 2100. The molecule has 3 heterocycles. The van der Waals surface area contributed by atoms with E-state index in [9.17, 15) is 29.1 Å². The molecule has 3 aromatic rings. The number of anilines is 1. The number of rotatable bonds is 13. The van der Waals surface area contributed by atoms with E-state index < -0.39 is 64.5 Å². The number of amides is 4. The molecule has 17 heteroatoms. The van der Waals surface area contributed by atoms with Gasteiger partial charge in [-0.3, -0.25) is 14.4 Å². The van der Waals surface area contributed by atoms with Crippen LogP contribution in [0.3, 0.4) is 0 Å². The second-order valence-electron chi connectivity index (χ2n) is 16.2. The quantitative estimate of drug-likeness (QED) is 0.138. The zero-order valence-corrected chi connectivity index (χ0v) is 35.3. The van der Waals surface area contributed by atoms with Crippen LogP contribution in [-0.4, -0.2) is 92.7 Å². The molecule has 15 nitrogen and oxygen atoms in total. The summed E-state index contributed by atoms with van der Waals surface area (Å²) < 4.78 is 18.6. The minimum Gasteiger partial charge on any atom is -0.495 e. The number of halogens is 1. The van der Waals surface area contributed by atoms with Gasteiger partial charge in [0.15, 0.2) is 5.13 Å². The number of carbonyl (C=O) groups is 5. The van der Waals surface area contributed by atoms with Crippen molar-refractivity contribution in [1.29, 1.82) is 0 Å². The van der Waals surface area contributed by atoms with Crippen LogP contribution in [0.2, 0.25) is 0 Å². The van der Waals surface area contributed by atoms with Crippen molar-refractivity contribution in [3.05, 3.63) is 40.7 Å². The summed E-state index contributed by atoms with van der Waals surface area (Å²) in [4.78, 5) is 77.5. The highest BCUT2D eigenvalue weighted by Crippen LogP contribution is 2.45. The Labute approximate surface area is 343 Å². The van der Waals surface area contributed by atoms with Gasteiger partial charge in [-0.1, -0.05) is 33.8 Å². The van der Waals surface area contributed by atoms with Crippen LogP contribution in [0.5, 0.6) is 11.5 Å². The summed E-state index contributed by atoms with van der Waals surface area (Å²) in [5.74, 6) is -2.17. The number of thiazole rings is 1. The second-order valence-corrected chi connectivity index (χ2v) is 17.9. The number of nitrogens with one attached hydrogen (secondary N) is 3. The molecule has 57 heavy (non-hydrogen) atoms. The van der Waals surface area contributed by atoms with E-state index in [1.54, 1.807) is 51.3 Å². The summed E-state index contributed by atoms with van der Waals surface area (Å²) in [5, 5.41) is 21.2. The largest absolute Gasteiger partial charge is 0.495 e. The first-order valence-corrected chi connectivity index (χ1v) is 20.7. The number of hydrogen-bond acceptors (Lipinski definition) is 11. The standard InChI is InChI=1S/C40H49BrN6O9S/c1-8-21-18-40(21,35(51)52)46-33(49)26-16-22(19-47(26)34(50)32(38(3,4)5)45-37(53)56-39(6)14-10-11-15-39)55-28-17-24(25-20-57-36(43-25)44-29(48)9-2)42-31-23(28)12-13-27(54-7)30(31)41/h8,12-13,17,20-22,26,32H,1,9-11,14-16,18-19H2,2-7H3,(H,45,53)(H,46,49)(H,51,52)(H,43,44,48)/t21-,22-,26+,32-,40-/m1/s1. The zero-order chi connectivity index (χ0) is 41.4. The molecule has 5 atom stereocenters. The number of aromatic nitrogens is 2. The van der Waals surface area contributed by atoms with E-state index in [4.69, 9.17) is 19.2 Å². The number of likely N-dealkylation sites (tertiary alicyclic amines) is 1. The van der Waals surface area contributed by atoms with Gasteiger partial charge < -0.3 is 40.2 Å². The maximum Gasteiger partial charge on any atom is 0.408 e. The molecular formula is C40H49BrN6O9S. The molecule has 2 saturated carbocycles. The van der Waals surface area contributed by atoms with Gasteiger partial charge in [-0.15, -0.1) is 17.9 Å². The van der Waals surface area contributed by atoms with Crippen molar-refractivity contribution in [2.75, 3.05) is 19.0 Å². The van der Waals surface area contributed by atoms with Crippen LogP contribution in [0.4, 0.5) is 9.93 Å². The second kappa shape index (κ2) is 16.2. The summed E-state index contributed by atoms with van der Waals surface area (Å²) >= 11 is 4.86. The summed E-state index contributed by atoms with van der Waals surface area (Å²) in [6.07, 6.45) is 3.76. The van der Waals surface area contributed by atoms with Crippen LogP contribution >= 0.6 is 27.3 Å². The summed E-state index contributed by atoms with van der Waals surface area (Å²) in [5.41, 5.74) is -1.60. The van der Waals surface area contributed by atoms with Crippen molar-refractivity contribution in [3.63, 3.8) is 0 Å². The van der Waals surface area contributed by atoms with Crippen LogP contribution < -0.4 is 25.4 Å². The fourth-order valence-electron chi connectivity index (χ4n) is 7.54. The van der Waals surface area contributed by atoms with Crippen molar-refractivity contribution in [3.8, 4) is 22.9 Å². The molecule has 4 N–H and O–H groups in total. The predicted octanol–water partition coefficient (Wildman–Crippen LogP) is 6.45. The molecule has 0 spiro atoms. The first-order valence-electron chi connectivity index (χ1n) is 19.0. The van der Waals surface area contributed by atoms with E-state index in [2.05, 4.69) is 43.4 Å². The van der Waals surface area contributed by atoms with Crippen LogP contribution in [0.25, 0.3) is 22.3 Å². The lowest BCUT2D eigenvalue weighted by Gasteiger charge is -2.36. The number of pyridine rings is 1. The van der Waals surface area contributed by atoms with Gasteiger partial charge in [0.05, 0.1) is 29.3 Å². The Morgan fingerprint density at radius 1 is 1.14 bits per heavy atom. The molecule has 6 rings (SSSR count). The lowest BCUT2D eigenvalue weighted by molar-refractivity contribution is -0.146. The maximum absolute atomic E-state index is 14.7. The Morgan fingerprint density at radius 3 is 2.47 bits per heavy atom. The Balaban J connectivity index is 1.35. The Morgan fingerprint density at radius 2 is 1.86 bits per heavy atom. The van der Waals surface area contributed by atoms with E-state index >= 15 is 0 Å². The normalized spacial score (nSPS) is 23.0. The number of fused-ring (bicyclic) bond motifs is 1. The van der Waals surface area contributed by atoms with Gasteiger partial charge in [0, 0.05) is 35.6 Å². The summed E-state index contributed by atoms with van der Waals surface area (Å²) in [6.45, 7) is 12.7. The fourth-order valence-corrected chi connectivity index (χ4v) is 8.85. The van der Waals surface area contributed by atoms with Crippen LogP contribution in [0.1, 0.15) is 79.6 Å². The highest BCUT2D eigenvalue weighted by molar-refractivity contribution is 9.10. The Hall–Kier alpha value is -4.77. The lowest BCUT2D eigenvalue weighted by atomic mass is 9.85. The first-order chi connectivity index (χ1) is 26.9. The van der Waals surface area contributed by atoms with Crippen molar-refractivity contribution in [2.45, 2.75) is 109 Å². The third-order valence-electron chi connectivity index (χ3n) is 10.9. The van der Waals surface area contributed by atoms with E-state index in [-0.39, 0.29) is 31.7 Å². The number of carboxylic acids is 1. The number of nitrogens with zero attached hydrogens (tertiary/aromatic N) is 3. The van der Waals surface area contributed by atoms with Crippen molar-refractivity contribution in [1.82, 2.24) is 25.5 Å². The third-order valence-corrected chi connectivity index (χ3v) is 12.5. The van der Waals surface area contributed by atoms with Crippen molar-refractivity contribution >= 4 is 73.1 Å². The molecule has 2 aliphatic carbocycles. The molecule has 0 unspecified atom stereocenters. The highest BCUT2D eigenvalue weighted by Gasteiger charge is 2.61. The minimum absolute atomic E-state index is 0.00574. The number of alkyl carbamates (subject to hydrolysis) is 1. The van der Waals surface area contributed by atoms with Gasteiger partial charge in [-0.25, -0.2) is 19.6 Å². The van der Waals surface area contributed by atoms with E-state index in [1.165, 1.54) is 29.4 Å². The number of carbonyl (C=O) groups excluding carboxylic acids is 4. The summed E-state index contributed by atoms with van der Waals surface area (Å²) in [7, 11) is 1.54. The molecule has 1 aromatic carbocycles. The smallest absolute Gasteiger partial charge is 0.408 e. The number of carboxylic acid groups (broad SMARTS) is 1. The monoisotopic (exact) mass is 868 g/mol. The van der Waals surface area contributed by atoms with E-state index in [1.807, 2.05) is 6.92 Å². The number of methoxy groups -OCH3 is 1. The third kappa shape index (κ3) is 8.73. The Kier molecular flexibility index (Phi) is 11.9. The van der Waals surface area contributed by atoms with Crippen LogP contribution in [0, 0.1) is 11.3 Å². The topological polar surface area (TPSA) is 198 Å². The number of ether oxygens (including phenoxy) is 3.